The first kappa shape index (κ1) is 20.8. The van der Waals surface area contributed by atoms with Gasteiger partial charge in [-0.05, 0) is 42.3 Å². The van der Waals surface area contributed by atoms with Crippen LogP contribution < -0.4 is 5.43 Å². The van der Waals surface area contributed by atoms with Crippen LogP contribution >= 0.6 is 0 Å². The Morgan fingerprint density at radius 3 is 2.13 bits per heavy atom. The number of esters is 2. The molecule has 1 aliphatic carbocycles. The van der Waals surface area contributed by atoms with Gasteiger partial charge >= 0.3 is 11.9 Å². The van der Waals surface area contributed by atoms with E-state index in [1.54, 1.807) is 13.8 Å². The molecule has 3 aromatic rings. The molecule has 0 N–H and O–H groups in total. The van der Waals surface area contributed by atoms with Crippen molar-refractivity contribution in [1.29, 1.82) is 0 Å². The zero-order valence-electron chi connectivity index (χ0n) is 17.6. The summed E-state index contributed by atoms with van der Waals surface area (Å²) in [5.41, 5.74) is 1.17. The molecule has 0 unspecified atom stereocenters. The second-order valence-corrected chi connectivity index (χ2v) is 7.68. The summed E-state index contributed by atoms with van der Waals surface area (Å²) in [6.45, 7) is 3.73. The van der Waals surface area contributed by atoms with E-state index in [1.165, 1.54) is 0 Å². The summed E-state index contributed by atoms with van der Waals surface area (Å²) in [7, 11) is 0. The van der Waals surface area contributed by atoms with Gasteiger partial charge in [-0.25, -0.2) is 0 Å². The van der Waals surface area contributed by atoms with Crippen LogP contribution in [0, 0.1) is 5.41 Å². The Hall–Kier alpha value is -3.47. The standard InChI is InChI=1S/C26H24O5/c1-3-30-24(28)26(25(29)31-4-2)15-19-14-18-12-8-9-13-20(18)23(27)22(21(19)16-26)17-10-6-5-7-11-17/h5-14H,3-4,15-16H2,1-2H3. The van der Waals surface area contributed by atoms with Crippen LogP contribution in [-0.4, -0.2) is 25.2 Å². The number of carbonyl (C=O) groups excluding carboxylic acids is 2. The fourth-order valence-electron chi connectivity index (χ4n) is 4.41. The molecule has 0 bridgehead atoms. The van der Waals surface area contributed by atoms with E-state index in [1.807, 2.05) is 60.7 Å². The van der Waals surface area contributed by atoms with Crippen molar-refractivity contribution >= 4 is 22.7 Å². The summed E-state index contributed by atoms with van der Waals surface area (Å²) in [6.07, 6.45) is 0.207. The van der Waals surface area contributed by atoms with Gasteiger partial charge in [-0.2, -0.15) is 0 Å². The molecule has 0 atom stereocenters. The van der Waals surface area contributed by atoms with Crippen molar-refractivity contribution in [2.45, 2.75) is 26.7 Å². The van der Waals surface area contributed by atoms with Gasteiger partial charge in [0.2, 0.25) is 0 Å². The number of hydrogen-bond acceptors (Lipinski definition) is 5. The molecular formula is C26H24O5. The van der Waals surface area contributed by atoms with E-state index < -0.39 is 17.4 Å². The highest BCUT2D eigenvalue weighted by Gasteiger charge is 2.53. The van der Waals surface area contributed by atoms with Gasteiger partial charge in [0.05, 0.1) is 13.2 Å². The zero-order valence-corrected chi connectivity index (χ0v) is 17.6. The van der Waals surface area contributed by atoms with Crippen molar-refractivity contribution in [3.63, 3.8) is 0 Å². The van der Waals surface area contributed by atoms with Crippen LogP contribution in [0.25, 0.3) is 21.9 Å². The zero-order chi connectivity index (χ0) is 22.0. The van der Waals surface area contributed by atoms with Crippen molar-refractivity contribution in [3.05, 3.63) is 82.0 Å². The first-order valence-electron chi connectivity index (χ1n) is 10.5. The van der Waals surface area contributed by atoms with Crippen LogP contribution in [-0.2, 0) is 31.9 Å². The lowest BCUT2D eigenvalue weighted by Crippen LogP contribution is -2.43. The maximum absolute atomic E-state index is 13.7. The van der Waals surface area contributed by atoms with E-state index >= 15 is 0 Å². The number of hydrogen-bond donors (Lipinski definition) is 0. The first-order valence-corrected chi connectivity index (χ1v) is 10.5. The number of ether oxygens (including phenoxy) is 2. The molecule has 0 aliphatic heterocycles. The summed E-state index contributed by atoms with van der Waals surface area (Å²) in [5.74, 6) is -1.22. The topological polar surface area (TPSA) is 69.7 Å². The number of fused-ring (bicyclic) bond motifs is 2. The summed E-state index contributed by atoms with van der Waals surface area (Å²) in [5, 5.41) is 1.38. The third-order valence-corrected chi connectivity index (χ3v) is 5.82. The molecule has 31 heavy (non-hydrogen) atoms. The summed E-state index contributed by atoms with van der Waals surface area (Å²) >= 11 is 0. The SMILES string of the molecule is CCOC(=O)C1(C(=O)OCC)Cc2cc3ccccc3c(=O)c(-c3ccccc3)c2C1. The molecule has 4 rings (SSSR count). The minimum absolute atomic E-state index is 0.0699. The van der Waals surface area contributed by atoms with Gasteiger partial charge in [-0.3, -0.25) is 14.4 Å². The van der Waals surface area contributed by atoms with Gasteiger partial charge in [-0.1, -0.05) is 60.7 Å². The Labute approximate surface area is 180 Å². The van der Waals surface area contributed by atoms with Crippen molar-refractivity contribution in [2.24, 2.45) is 5.41 Å². The van der Waals surface area contributed by atoms with Gasteiger partial charge in [0.15, 0.2) is 10.8 Å². The number of benzene rings is 2. The predicted molar refractivity (Wildman–Crippen MR) is 119 cm³/mol. The molecule has 0 fully saturated rings. The molecule has 5 heteroatoms. The molecule has 0 saturated carbocycles. The molecule has 3 aromatic carbocycles. The molecule has 158 valence electrons. The predicted octanol–water partition coefficient (Wildman–Crippen LogP) is 4.08. The Morgan fingerprint density at radius 1 is 0.871 bits per heavy atom. The molecule has 1 aliphatic rings. The highest BCUT2D eigenvalue weighted by molar-refractivity contribution is 6.02. The van der Waals surface area contributed by atoms with E-state index in [0.717, 1.165) is 16.5 Å². The molecule has 0 saturated heterocycles. The van der Waals surface area contributed by atoms with Crippen molar-refractivity contribution in [3.8, 4) is 11.1 Å². The number of rotatable bonds is 5. The van der Waals surface area contributed by atoms with Gasteiger partial charge in [0.25, 0.3) is 0 Å². The van der Waals surface area contributed by atoms with Gasteiger partial charge < -0.3 is 9.47 Å². The van der Waals surface area contributed by atoms with Gasteiger partial charge in [-0.15, -0.1) is 0 Å². The van der Waals surface area contributed by atoms with Crippen LogP contribution in [0.1, 0.15) is 25.0 Å². The van der Waals surface area contributed by atoms with Crippen LogP contribution in [0.4, 0.5) is 0 Å². The molecule has 0 aromatic heterocycles. The second kappa shape index (κ2) is 8.34. The number of carbonyl (C=O) groups is 2. The highest BCUT2D eigenvalue weighted by Crippen LogP contribution is 2.43. The van der Waals surface area contributed by atoms with Crippen LogP contribution in [0.5, 0.6) is 0 Å². The van der Waals surface area contributed by atoms with Crippen molar-refractivity contribution in [1.82, 2.24) is 0 Å². The van der Waals surface area contributed by atoms with E-state index in [2.05, 4.69) is 0 Å². The molecular weight excluding hydrogens is 392 g/mol. The van der Waals surface area contributed by atoms with Crippen LogP contribution in [0.3, 0.4) is 0 Å². The van der Waals surface area contributed by atoms with E-state index in [0.29, 0.717) is 16.5 Å². The normalized spacial score (nSPS) is 14.1. The highest BCUT2D eigenvalue weighted by atomic mass is 16.6. The molecule has 0 spiro atoms. The average molecular weight is 416 g/mol. The maximum Gasteiger partial charge on any atom is 0.324 e. The van der Waals surface area contributed by atoms with Crippen molar-refractivity contribution < 1.29 is 19.1 Å². The maximum atomic E-state index is 13.7. The fraction of sp³-hybridized carbons (Fsp3) is 0.269. The van der Waals surface area contributed by atoms with E-state index in [9.17, 15) is 14.4 Å². The van der Waals surface area contributed by atoms with Crippen molar-refractivity contribution in [2.75, 3.05) is 13.2 Å². The van der Waals surface area contributed by atoms with E-state index in [4.69, 9.17) is 9.47 Å². The molecule has 0 amide bonds. The van der Waals surface area contributed by atoms with E-state index in [-0.39, 0.29) is 31.5 Å². The lowest BCUT2D eigenvalue weighted by atomic mass is 9.83. The van der Waals surface area contributed by atoms with Gasteiger partial charge in [0, 0.05) is 17.4 Å². The Kier molecular flexibility index (Phi) is 5.59. The Bertz CT molecular complexity index is 1200. The second-order valence-electron chi connectivity index (χ2n) is 7.68. The largest absolute Gasteiger partial charge is 0.465 e. The minimum Gasteiger partial charge on any atom is -0.465 e. The van der Waals surface area contributed by atoms with Crippen LogP contribution in [0.15, 0.2) is 65.5 Å². The third-order valence-electron chi connectivity index (χ3n) is 5.82. The summed E-state index contributed by atoms with van der Waals surface area (Å²) in [6, 6.07) is 18.7. The van der Waals surface area contributed by atoms with Crippen LogP contribution in [0.2, 0.25) is 0 Å². The Balaban J connectivity index is 2.02. The Morgan fingerprint density at radius 2 is 1.48 bits per heavy atom. The average Bonchev–Trinajstić information content (AvgIpc) is 3.10. The fourth-order valence-corrected chi connectivity index (χ4v) is 4.41. The molecule has 0 radical (unpaired) electrons. The molecule has 5 nitrogen and oxygen atoms in total. The summed E-state index contributed by atoms with van der Waals surface area (Å²) < 4.78 is 10.6. The third kappa shape index (κ3) is 3.50. The monoisotopic (exact) mass is 416 g/mol. The minimum atomic E-state index is -1.49. The first-order chi connectivity index (χ1) is 15.0. The quantitative estimate of drug-likeness (QED) is 0.463. The lowest BCUT2D eigenvalue weighted by molar-refractivity contribution is -0.171. The summed E-state index contributed by atoms with van der Waals surface area (Å²) in [4.78, 5) is 39.7. The lowest BCUT2D eigenvalue weighted by Gasteiger charge is -2.24. The smallest absolute Gasteiger partial charge is 0.324 e. The van der Waals surface area contributed by atoms with Gasteiger partial charge in [0.1, 0.15) is 0 Å². The molecule has 0 heterocycles.